The van der Waals surface area contributed by atoms with Crippen molar-refractivity contribution in [2.75, 3.05) is 7.11 Å². The standard InChI is InChI=1S/C19H29BrO2.C2H6/c1-14(13-21)11-17(22-3)8-6-16-7-9-18-15(12-20)5-4-10-19(16,18)2;1-2/h12-13,16-18H,1,4-11H2,2-3H3;1-2H3/b15-12+;. The smallest absolute Gasteiger partial charge is 0.145 e. The number of aldehydes is 1. The lowest BCUT2D eigenvalue weighted by Crippen LogP contribution is -2.33. The lowest BCUT2D eigenvalue weighted by molar-refractivity contribution is -0.105. The van der Waals surface area contributed by atoms with E-state index in [0.717, 1.165) is 24.5 Å². The number of methoxy groups -OCH3 is 1. The van der Waals surface area contributed by atoms with Crippen molar-refractivity contribution in [2.45, 2.75) is 78.2 Å². The topological polar surface area (TPSA) is 26.3 Å². The summed E-state index contributed by atoms with van der Waals surface area (Å²) < 4.78 is 5.56. The minimum atomic E-state index is 0.134. The number of halogens is 1. The lowest BCUT2D eigenvalue weighted by atomic mass is 9.63. The van der Waals surface area contributed by atoms with Gasteiger partial charge in [-0.15, -0.1) is 0 Å². The van der Waals surface area contributed by atoms with Gasteiger partial charge < -0.3 is 4.74 Å². The molecule has 0 aromatic rings. The second-order valence-electron chi connectivity index (χ2n) is 7.29. The number of hydrogen-bond donors (Lipinski definition) is 0. The Morgan fingerprint density at radius 1 is 1.46 bits per heavy atom. The average Bonchev–Trinajstić information content (AvgIpc) is 2.96. The summed E-state index contributed by atoms with van der Waals surface area (Å²) in [5.74, 6) is 1.54. The highest BCUT2D eigenvalue weighted by Gasteiger charge is 2.48. The van der Waals surface area contributed by atoms with E-state index in [1.165, 1.54) is 38.5 Å². The molecule has 0 aliphatic heterocycles. The molecule has 0 aromatic heterocycles. The summed E-state index contributed by atoms with van der Waals surface area (Å²) in [5.41, 5.74) is 2.72. The van der Waals surface area contributed by atoms with Crippen molar-refractivity contribution >= 4 is 22.2 Å². The van der Waals surface area contributed by atoms with Gasteiger partial charge in [-0.3, -0.25) is 4.79 Å². The van der Waals surface area contributed by atoms with Crippen molar-refractivity contribution in [2.24, 2.45) is 17.3 Å². The van der Waals surface area contributed by atoms with Crippen LogP contribution in [0.15, 0.2) is 22.7 Å². The van der Waals surface area contributed by atoms with Crippen LogP contribution in [0.4, 0.5) is 0 Å². The van der Waals surface area contributed by atoms with Gasteiger partial charge in [0.2, 0.25) is 0 Å². The third-order valence-corrected chi connectivity index (χ3v) is 6.72. The van der Waals surface area contributed by atoms with Gasteiger partial charge in [0, 0.05) is 13.5 Å². The van der Waals surface area contributed by atoms with Gasteiger partial charge in [0.25, 0.3) is 0 Å². The molecule has 2 aliphatic carbocycles. The van der Waals surface area contributed by atoms with Crippen LogP contribution in [0.5, 0.6) is 0 Å². The second kappa shape index (κ2) is 10.6. The molecular weight excluding hydrogens is 364 g/mol. The molecule has 0 amide bonds. The van der Waals surface area contributed by atoms with Crippen molar-refractivity contribution in [3.8, 4) is 0 Å². The van der Waals surface area contributed by atoms with E-state index in [1.807, 2.05) is 13.8 Å². The number of hydrogen-bond acceptors (Lipinski definition) is 2. The zero-order valence-electron chi connectivity index (χ0n) is 15.9. The Balaban J connectivity index is 0.00000139. The van der Waals surface area contributed by atoms with Crippen molar-refractivity contribution in [1.29, 1.82) is 0 Å². The van der Waals surface area contributed by atoms with E-state index in [2.05, 4.69) is 34.4 Å². The first kappa shape index (κ1) is 21.6. The van der Waals surface area contributed by atoms with Crippen LogP contribution in [0.25, 0.3) is 0 Å². The molecule has 138 valence electrons. The van der Waals surface area contributed by atoms with Crippen molar-refractivity contribution in [1.82, 2.24) is 0 Å². The normalized spacial score (nSPS) is 31.8. The van der Waals surface area contributed by atoms with E-state index in [0.29, 0.717) is 17.4 Å². The summed E-state index contributed by atoms with van der Waals surface area (Å²) in [6.07, 6.45) is 10.5. The quantitative estimate of drug-likeness (QED) is 0.363. The molecule has 3 heteroatoms. The maximum absolute atomic E-state index is 10.8. The Morgan fingerprint density at radius 3 is 2.75 bits per heavy atom. The van der Waals surface area contributed by atoms with Crippen LogP contribution in [0.3, 0.4) is 0 Å². The predicted octanol–water partition coefficient (Wildman–Crippen LogP) is 6.45. The number of ether oxygens (including phenoxy) is 1. The molecule has 0 saturated heterocycles. The Labute approximate surface area is 157 Å². The minimum absolute atomic E-state index is 0.134. The Morgan fingerprint density at radius 2 is 2.17 bits per heavy atom. The third kappa shape index (κ3) is 5.05. The molecule has 2 aliphatic rings. The van der Waals surface area contributed by atoms with Crippen LogP contribution in [0.2, 0.25) is 0 Å². The van der Waals surface area contributed by atoms with Crippen LogP contribution in [-0.4, -0.2) is 19.5 Å². The predicted molar refractivity (Wildman–Crippen MR) is 106 cm³/mol. The fourth-order valence-electron chi connectivity index (χ4n) is 4.78. The van der Waals surface area contributed by atoms with Crippen molar-refractivity contribution < 1.29 is 9.53 Å². The minimum Gasteiger partial charge on any atom is -0.381 e. The Hall–Kier alpha value is -0.410. The molecule has 0 N–H and O–H groups in total. The third-order valence-electron chi connectivity index (χ3n) is 6.13. The van der Waals surface area contributed by atoms with Gasteiger partial charge in [0.1, 0.15) is 6.29 Å². The van der Waals surface area contributed by atoms with E-state index < -0.39 is 0 Å². The van der Waals surface area contributed by atoms with E-state index in [-0.39, 0.29) is 6.10 Å². The number of rotatable bonds is 7. The maximum atomic E-state index is 10.8. The molecule has 4 unspecified atom stereocenters. The summed E-state index contributed by atoms with van der Waals surface area (Å²) in [6.45, 7) is 10.3. The Bertz CT molecular complexity index is 443. The number of carbonyl (C=O) groups excluding carboxylic acids is 1. The van der Waals surface area contributed by atoms with Crippen LogP contribution in [0.1, 0.15) is 72.1 Å². The molecular formula is C21H35BrO2. The van der Waals surface area contributed by atoms with Gasteiger partial charge >= 0.3 is 0 Å². The molecule has 4 atom stereocenters. The highest BCUT2D eigenvalue weighted by atomic mass is 79.9. The highest BCUT2D eigenvalue weighted by Crippen LogP contribution is 2.58. The van der Waals surface area contributed by atoms with Crippen LogP contribution in [0, 0.1) is 17.3 Å². The second-order valence-corrected chi connectivity index (χ2v) is 7.74. The largest absolute Gasteiger partial charge is 0.381 e. The molecule has 0 spiro atoms. The molecule has 0 aromatic carbocycles. The molecule has 0 heterocycles. The molecule has 0 radical (unpaired) electrons. The summed E-state index contributed by atoms with van der Waals surface area (Å²) in [6, 6.07) is 0. The molecule has 2 nitrogen and oxygen atoms in total. The summed E-state index contributed by atoms with van der Waals surface area (Å²) in [5, 5.41) is 0. The van der Waals surface area contributed by atoms with Gasteiger partial charge in [-0.05, 0) is 72.8 Å². The maximum Gasteiger partial charge on any atom is 0.145 e. The van der Waals surface area contributed by atoms with Crippen LogP contribution in [-0.2, 0) is 9.53 Å². The first-order valence-electron chi connectivity index (χ1n) is 9.50. The van der Waals surface area contributed by atoms with Crippen LogP contribution >= 0.6 is 15.9 Å². The first-order chi connectivity index (χ1) is 11.5. The van der Waals surface area contributed by atoms with E-state index in [1.54, 1.807) is 12.7 Å². The zero-order chi connectivity index (χ0) is 18.2. The van der Waals surface area contributed by atoms with Gasteiger partial charge in [-0.25, -0.2) is 0 Å². The number of carbonyl (C=O) groups is 1. The van der Waals surface area contributed by atoms with Gasteiger partial charge in [0.05, 0.1) is 6.10 Å². The molecule has 2 saturated carbocycles. The zero-order valence-corrected chi connectivity index (χ0v) is 17.5. The van der Waals surface area contributed by atoms with Gasteiger partial charge in [-0.1, -0.05) is 48.9 Å². The summed E-state index contributed by atoms with van der Waals surface area (Å²) in [7, 11) is 1.74. The monoisotopic (exact) mass is 398 g/mol. The summed E-state index contributed by atoms with van der Waals surface area (Å²) in [4.78, 5) is 12.9. The van der Waals surface area contributed by atoms with Crippen molar-refractivity contribution in [3.05, 3.63) is 22.7 Å². The average molecular weight is 399 g/mol. The number of allylic oxidation sites excluding steroid dienone is 1. The summed E-state index contributed by atoms with van der Waals surface area (Å²) >= 11 is 3.58. The van der Waals surface area contributed by atoms with E-state index >= 15 is 0 Å². The molecule has 2 fully saturated rings. The Kier molecular flexibility index (Phi) is 9.51. The lowest BCUT2D eigenvalue weighted by Gasteiger charge is -2.42. The fraction of sp³-hybridized carbons (Fsp3) is 0.762. The first-order valence-corrected chi connectivity index (χ1v) is 10.4. The fourth-order valence-corrected chi connectivity index (χ4v) is 5.33. The number of fused-ring (bicyclic) bond motifs is 1. The van der Waals surface area contributed by atoms with E-state index in [9.17, 15) is 4.79 Å². The van der Waals surface area contributed by atoms with Crippen LogP contribution < -0.4 is 0 Å². The van der Waals surface area contributed by atoms with Crippen molar-refractivity contribution in [3.63, 3.8) is 0 Å². The van der Waals surface area contributed by atoms with Gasteiger partial charge in [0.15, 0.2) is 0 Å². The van der Waals surface area contributed by atoms with Gasteiger partial charge in [-0.2, -0.15) is 0 Å². The van der Waals surface area contributed by atoms with E-state index in [4.69, 9.17) is 4.74 Å². The molecule has 0 bridgehead atoms. The molecule has 24 heavy (non-hydrogen) atoms. The highest BCUT2D eigenvalue weighted by molar-refractivity contribution is 9.11. The SMILES string of the molecule is C=C(C=O)CC(CCC1CCC2/C(=C/Br)CCCC12C)OC.CC. The molecule has 2 rings (SSSR count).